The highest BCUT2D eigenvalue weighted by atomic mass is 16.6. The van der Waals surface area contributed by atoms with E-state index < -0.39 is 11.7 Å². The predicted molar refractivity (Wildman–Crippen MR) is 142 cm³/mol. The van der Waals surface area contributed by atoms with Crippen molar-refractivity contribution in [1.29, 1.82) is 0 Å². The smallest absolute Gasteiger partial charge is 0.407 e. The summed E-state index contributed by atoms with van der Waals surface area (Å²) in [5.41, 5.74) is 4.82. The van der Waals surface area contributed by atoms with Gasteiger partial charge in [-0.15, -0.1) is 0 Å². The molecule has 2 fully saturated rings. The summed E-state index contributed by atoms with van der Waals surface area (Å²) in [4.78, 5) is 16.2. The van der Waals surface area contributed by atoms with Crippen LogP contribution in [0.2, 0.25) is 0 Å². The van der Waals surface area contributed by atoms with Crippen LogP contribution < -0.4 is 11.1 Å². The lowest BCUT2D eigenvalue weighted by atomic mass is 10.2. The number of alkyl carbamates (subject to hydrolysis) is 1. The van der Waals surface area contributed by atoms with E-state index in [4.69, 9.17) is 29.4 Å². The molecule has 2 aliphatic heterocycles. The number of amides is 1. The van der Waals surface area contributed by atoms with Gasteiger partial charge in [0.25, 0.3) is 0 Å². The topological polar surface area (TPSA) is 108 Å². The van der Waals surface area contributed by atoms with Gasteiger partial charge in [-0.3, -0.25) is 0 Å². The largest absolute Gasteiger partial charge is 0.444 e. The van der Waals surface area contributed by atoms with Gasteiger partial charge in [0.15, 0.2) is 0 Å². The van der Waals surface area contributed by atoms with Gasteiger partial charge in [0.05, 0.1) is 52.9 Å². The number of hydrogen-bond donors (Lipinski definition) is 2. The maximum absolute atomic E-state index is 11.3. The summed E-state index contributed by atoms with van der Waals surface area (Å²) in [6.45, 7) is 18.7. The minimum absolute atomic E-state index is 0. The molecule has 0 radical (unpaired) electrons. The third kappa shape index (κ3) is 20.8. The van der Waals surface area contributed by atoms with Crippen molar-refractivity contribution >= 4 is 6.09 Å². The Bertz CT molecular complexity index is 506. The van der Waals surface area contributed by atoms with Crippen molar-refractivity contribution in [3.63, 3.8) is 0 Å². The van der Waals surface area contributed by atoms with Crippen LogP contribution in [0.4, 0.5) is 4.79 Å². The van der Waals surface area contributed by atoms with Crippen LogP contribution in [0.25, 0.3) is 0 Å². The molecule has 0 bridgehead atoms. The van der Waals surface area contributed by atoms with Crippen LogP contribution in [0.15, 0.2) is 0 Å². The summed E-state index contributed by atoms with van der Waals surface area (Å²) in [5, 5.41) is 2.64. The van der Waals surface area contributed by atoms with E-state index in [1.54, 1.807) is 0 Å². The molecule has 10 nitrogen and oxygen atoms in total. The van der Waals surface area contributed by atoms with Gasteiger partial charge in [-0.2, -0.15) is 0 Å². The van der Waals surface area contributed by atoms with E-state index in [9.17, 15) is 4.79 Å². The Morgan fingerprint density at radius 1 is 0.743 bits per heavy atom. The summed E-state index contributed by atoms with van der Waals surface area (Å²) >= 11 is 0. The number of nitrogens with zero attached hydrogens (tertiary/aromatic N) is 2. The number of carbonyl (C=O) groups is 1. The molecule has 0 aromatic rings. The summed E-state index contributed by atoms with van der Waals surface area (Å²) in [7, 11) is 0. The summed E-state index contributed by atoms with van der Waals surface area (Å²) < 4.78 is 26.6. The lowest BCUT2D eigenvalue weighted by Gasteiger charge is -2.19. The second-order valence-corrected chi connectivity index (χ2v) is 9.76. The normalized spacial score (nSPS) is 16.8. The number of carbonyl (C=O) groups excluding carboxylic acids is 1. The van der Waals surface area contributed by atoms with Crippen molar-refractivity contribution in [2.45, 2.75) is 52.1 Å². The van der Waals surface area contributed by atoms with Crippen LogP contribution in [-0.4, -0.2) is 127 Å². The van der Waals surface area contributed by atoms with Crippen LogP contribution in [0.3, 0.4) is 0 Å². The second-order valence-electron chi connectivity index (χ2n) is 9.76. The SMILES string of the molecule is CC(C)(C)OC(=O)NCCOCCOCCN1CCCC1.NCCOCCOCCN1CCCC1.[3HH].[3HH]. The van der Waals surface area contributed by atoms with Gasteiger partial charge in [-0.1, -0.05) is 0 Å². The third-order valence-corrected chi connectivity index (χ3v) is 5.42. The predicted octanol–water partition coefficient (Wildman–Crippen LogP) is 2.21. The fraction of sp³-hybridized carbons (Fsp3) is 0.960. The zero-order valence-corrected chi connectivity index (χ0v) is 22.6. The van der Waals surface area contributed by atoms with Gasteiger partial charge in [0, 0.05) is 29.0 Å². The second kappa shape index (κ2) is 21.1. The highest BCUT2D eigenvalue weighted by molar-refractivity contribution is 5.67. The summed E-state index contributed by atoms with van der Waals surface area (Å²) in [6.07, 6.45) is 4.91. The molecule has 0 aromatic carbocycles. The molecule has 212 valence electrons. The Morgan fingerprint density at radius 3 is 1.60 bits per heavy atom. The molecule has 2 rings (SSSR count). The zero-order chi connectivity index (χ0) is 25.6. The van der Waals surface area contributed by atoms with E-state index in [0.717, 1.165) is 26.3 Å². The standard InChI is InChI=1S/C15H30N2O4.C10H22N2O2.2H2/c1-15(2,3)21-14(18)16-6-10-19-12-13-20-11-9-17-7-4-5-8-17;11-3-7-13-9-10-14-8-6-12-4-1-2-5-12;;/h4-13H2,1-3H3,(H,16,18);1-11H2;2*1H/i;;2*1+2. The van der Waals surface area contributed by atoms with E-state index in [0.29, 0.717) is 52.7 Å². The van der Waals surface area contributed by atoms with Crippen molar-refractivity contribution in [3.8, 4) is 0 Å². The van der Waals surface area contributed by atoms with Crippen LogP contribution in [-0.2, 0) is 23.7 Å². The lowest BCUT2D eigenvalue weighted by molar-refractivity contribution is 0.0358. The number of nitrogens with one attached hydrogen (secondary N) is 1. The average molecular weight is 513 g/mol. The highest BCUT2D eigenvalue weighted by Gasteiger charge is 2.15. The minimum Gasteiger partial charge on any atom is -0.444 e. The molecule has 2 heterocycles. The number of likely N-dealkylation sites (tertiary alicyclic amines) is 2. The first kappa shape index (κ1) is 32.0. The maximum Gasteiger partial charge on any atom is 0.407 e. The highest BCUT2D eigenvalue weighted by Crippen LogP contribution is 2.07. The molecule has 1 amide bonds. The molecule has 0 aromatic heterocycles. The van der Waals surface area contributed by atoms with Crippen molar-refractivity contribution < 1.29 is 31.3 Å². The van der Waals surface area contributed by atoms with Crippen molar-refractivity contribution in [3.05, 3.63) is 0 Å². The molecular formula is C25H56N4O6. The number of ether oxygens (including phenoxy) is 5. The molecule has 35 heavy (non-hydrogen) atoms. The Balaban J connectivity index is 0. The average Bonchev–Trinajstić information content (AvgIpc) is 3.51. The summed E-state index contributed by atoms with van der Waals surface area (Å²) in [6, 6.07) is 0. The van der Waals surface area contributed by atoms with Gasteiger partial charge >= 0.3 is 6.09 Å². The molecule has 0 saturated carbocycles. The van der Waals surface area contributed by atoms with Gasteiger partial charge in [-0.05, 0) is 72.6 Å². The zero-order valence-electron chi connectivity index (χ0n) is 22.6. The monoisotopic (exact) mass is 512 g/mol. The minimum atomic E-state index is -0.464. The van der Waals surface area contributed by atoms with Crippen LogP contribution in [0.5, 0.6) is 0 Å². The molecule has 2 saturated heterocycles. The van der Waals surface area contributed by atoms with E-state index in [1.165, 1.54) is 51.9 Å². The summed E-state index contributed by atoms with van der Waals surface area (Å²) in [5.74, 6) is 0. The number of rotatable bonds is 17. The number of hydrogen-bond acceptors (Lipinski definition) is 9. The molecule has 0 unspecified atom stereocenters. The molecule has 0 spiro atoms. The van der Waals surface area contributed by atoms with Crippen molar-refractivity contribution in [2.24, 2.45) is 5.73 Å². The van der Waals surface area contributed by atoms with Crippen LogP contribution in [0, 0.1) is 0 Å². The molecular weight excluding hydrogens is 452 g/mol. The third-order valence-electron chi connectivity index (χ3n) is 5.42. The maximum atomic E-state index is 11.3. The Labute approximate surface area is 216 Å². The van der Waals surface area contributed by atoms with E-state index >= 15 is 0 Å². The van der Waals surface area contributed by atoms with Crippen LogP contribution >= 0.6 is 0 Å². The molecule has 0 atom stereocenters. The quantitative estimate of drug-likeness (QED) is 0.284. The Kier molecular flexibility index (Phi) is 19.3. The van der Waals surface area contributed by atoms with Crippen LogP contribution in [0.1, 0.15) is 49.3 Å². The fourth-order valence-electron chi connectivity index (χ4n) is 3.67. The van der Waals surface area contributed by atoms with Gasteiger partial charge in [0.1, 0.15) is 5.60 Å². The van der Waals surface area contributed by atoms with Gasteiger partial charge < -0.3 is 44.5 Å². The number of nitrogens with two attached hydrogens (primary N) is 1. The van der Waals surface area contributed by atoms with E-state index in [1.807, 2.05) is 20.8 Å². The Morgan fingerprint density at radius 2 is 1.17 bits per heavy atom. The molecule has 10 heteroatoms. The van der Waals surface area contributed by atoms with E-state index in [2.05, 4.69) is 15.1 Å². The molecule has 0 aliphatic carbocycles. The van der Waals surface area contributed by atoms with E-state index in [-0.39, 0.29) is 2.85 Å². The molecule has 2 aliphatic rings. The van der Waals surface area contributed by atoms with Gasteiger partial charge in [-0.25, -0.2) is 4.79 Å². The first-order valence-corrected chi connectivity index (χ1v) is 13.3. The first-order chi connectivity index (χ1) is 16.9. The van der Waals surface area contributed by atoms with Gasteiger partial charge in [0.2, 0.25) is 0 Å². The van der Waals surface area contributed by atoms with Crippen molar-refractivity contribution in [1.82, 2.24) is 15.1 Å². The fourth-order valence-corrected chi connectivity index (χ4v) is 3.67. The van der Waals surface area contributed by atoms with Crippen molar-refractivity contribution in [2.75, 3.05) is 105 Å². The lowest BCUT2D eigenvalue weighted by Crippen LogP contribution is -2.34. The molecule has 3 N–H and O–H groups in total. The Hall–Kier alpha value is -1.01. The first-order valence-electron chi connectivity index (χ1n) is 13.3.